The first kappa shape index (κ1) is 20.6. The lowest BCUT2D eigenvalue weighted by molar-refractivity contribution is -0.116. The minimum absolute atomic E-state index is 0.110. The SMILES string of the molecule is CC(C)(C)NS(=O)(=O)c1cccc(NC(=O)CCCCCCN)c1. The predicted octanol–water partition coefficient (Wildman–Crippen LogP) is 2.61. The van der Waals surface area contributed by atoms with Crippen molar-refractivity contribution in [2.45, 2.75) is 63.3 Å². The van der Waals surface area contributed by atoms with E-state index in [-0.39, 0.29) is 10.8 Å². The van der Waals surface area contributed by atoms with E-state index in [1.54, 1.807) is 32.9 Å². The van der Waals surface area contributed by atoms with Crippen molar-refractivity contribution in [2.24, 2.45) is 5.73 Å². The van der Waals surface area contributed by atoms with E-state index in [9.17, 15) is 13.2 Å². The second kappa shape index (κ2) is 9.15. The maximum Gasteiger partial charge on any atom is 0.241 e. The molecule has 136 valence electrons. The Morgan fingerprint density at radius 2 is 1.79 bits per heavy atom. The van der Waals surface area contributed by atoms with Gasteiger partial charge in [-0.15, -0.1) is 0 Å². The maximum absolute atomic E-state index is 12.3. The van der Waals surface area contributed by atoms with Crippen molar-refractivity contribution in [1.82, 2.24) is 4.72 Å². The van der Waals surface area contributed by atoms with Gasteiger partial charge < -0.3 is 11.1 Å². The number of rotatable bonds is 9. The van der Waals surface area contributed by atoms with Crippen LogP contribution in [-0.4, -0.2) is 26.4 Å². The molecule has 0 spiro atoms. The van der Waals surface area contributed by atoms with Gasteiger partial charge in [0.05, 0.1) is 4.90 Å². The highest BCUT2D eigenvalue weighted by atomic mass is 32.2. The van der Waals surface area contributed by atoms with E-state index in [1.807, 2.05) is 0 Å². The molecule has 1 aromatic carbocycles. The average molecular weight is 356 g/mol. The maximum atomic E-state index is 12.3. The zero-order chi connectivity index (χ0) is 18.2. The molecule has 0 aliphatic rings. The number of anilines is 1. The second-order valence-corrected chi connectivity index (χ2v) is 8.57. The predicted molar refractivity (Wildman–Crippen MR) is 97.3 cm³/mol. The second-order valence-electron chi connectivity index (χ2n) is 6.88. The quantitative estimate of drug-likeness (QED) is 0.593. The van der Waals surface area contributed by atoms with Crippen LogP contribution in [0.2, 0.25) is 0 Å². The molecule has 4 N–H and O–H groups in total. The lowest BCUT2D eigenvalue weighted by Gasteiger charge is -2.20. The average Bonchev–Trinajstić information content (AvgIpc) is 2.45. The first-order chi connectivity index (χ1) is 11.1. The van der Waals surface area contributed by atoms with Gasteiger partial charge in [-0.25, -0.2) is 13.1 Å². The Labute approximate surface area is 145 Å². The molecule has 0 radical (unpaired) electrons. The zero-order valence-corrected chi connectivity index (χ0v) is 15.6. The third-order valence-electron chi connectivity index (χ3n) is 3.23. The first-order valence-electron chi connectivity index (χ1n) is 8.28. The standard InChI is InChI=1S/C17H29N3O3S/c1-17(2,3)20-24(22,23)15-10-8-9-14(13-15)19-16(21)11-6-4-5-7-12-18/h8-10,13,20H,4-7,11-12,18H2,1-3H3,(H,19,21). The lowest BCUT2D eigenvalue weighted by atomic mass is 10.1. The van der Waals surface area contributed by atoms with Gasteiger partial charge in [0, 0.05) is 17.6 Å². The summed E-state index contributed by atoms with van der Waals surface area (Å²) in [7, 11) is -3.62. The summed E-state index contributed by atoms with van der Waals surface area (Å²) >= 11 is 0. The van der Waals surface area contributed by atoms with E-state index in [0.717, 1.165) is 25.7 Å². The summed E-state index contributed by atoms with van der Waals surface area (Å²) in [4.78, 5) is 12.1. The molecule has 0 atom stereocenters. The molecule has 0 fully saturated rings. The summed E-state index contributed by atoms with van der Waals surface area (Å²) in [5.41, 5.74) is 5.34. The Kier molecular flexibility index (Phi) is 7.86. The van der Waals surface area contributed by atoms with Crippen LogP contribution in [-0.2, 0) is 14.8 Å². The van der Waals surface area contributed by atoms with Gasteiger partial charge in [0.1, 0.15) is 0 Å². The molecule has 0 bridgehead atoms. The van der Waals surface area contributed by atoms with Crippen molar-refractivity contribution in [2.75, 3.05) is 11.9 Å². The molecule has 7 heteroatoms. The number of sulfonamides is 1. The lowest BCUT2D eigenvalue weighted by Crippen LogP contribution is -2.40. The summed E-state index contributed by atoms with van der Waals surface area (Å²) in [6.45, 7) is 6.01. The Morgan fingerprint density at radius 1 is 1.12 bits per heavy atom. The number of unbranched alkanes of at least 4 members (excludes halogenated alkanes) is 3. The van der Waals surface area contributed by atoms with Crippen molar-refractivity contribution in [3.8, 4) is 0 Å². The van der Waals surface area contributed by atoms with E-state index < -0.39 is 15.6 Å². The summed E-state index contributed by atoms with van der Waals surface area (Å²) in [6.07, 6.45) is 4.18. The first-order valence-corrected chi connectivity index (χ1v) is 9.76. The summed E-state index contributed by atoms with van der Waals surface area (Å²) in [5.74, 6) is -0.110. The van der Waals surface area contributed by atoms with Crippen LogP contribution in [0, 0.1) is 0 Å². The van der Waals surface area contributed by atoms with Crippen LogP contribution in [0.4, 0.5) is 5.69 Å². The van der Waals surface area contributed by atoms with E-state index >= 15 is 0 Å². The van der Waals surface area contributed by atoms with E-state index in [0.29, 0.717) is 18.7 Å². The molecule has 1 rings (SSSR count). The summed E-state index contributed by atoms with van der Waals surface area (Å²) in [5, 5.41) is 2.75. The number of nitrogens with two attached hydrogens (primary N) is 1. The Bertz CT molecular complexity index is 637. The number of nitrogens with one attached hydrogen (secondary N) is 2. The number of carbonyl (C=O) groups excluding carboxylic acids is 1. The van der Waals surface area contributed by atoms with Crippen LogP contribution in [0.5, 0.6) is 0 Å². The number of hydrogen-bond acceptors (Lipinski definition) is 4. The van der Waals surface area contributed by atoms with Crippen LogP contribution in [0.25, 0.3) is 0 Å². The topological polar surface area (TPSA) is 101 Å². The minimum atomic E-state index is -3.62. The number of carbonyl (C=O) groups is 1. The molecule has 0 aromatic heterocycles. The smallest absolute Gasteiger partial charge is 0.241 e. The van der Waals surface area contributed by atoms with Gasteiger partial charge in [-0.1, -0.05) is 18.9 Å². The Morgan fingerprint density at radius 3 is 2.42 bits per heavy atom. The van der Waals surface area contributed by atoms with Crippen molar-refractivity contribution in [3.63, 3.8) is 0 Å². The highest BCUT2D eigenvalue weighted by Crippen LogP contribution is 2.18. The van der Waals surface area contributed by atoms with Gasteiger partial charge in [-0.05, 0) is 58.4 Å². The Balaban J connectivity index is 2.64. The van der Waals surface area contributed by atoms with Crippen LogP contribution < -0.4 is 15.8 Å². The van der Waals surface area contributed by atoms with Crippen molar-refractivity contribution >= 4 is 21.6 Å². The van der Waals surface area contributed by atoms with E-state index in [1.165, 1.54) is 12.1 Å². The zero-order valence-electron chi connectivity index (χ0n) is 14.8. The molecule has 1 amide bonds. The van der Waals surface area contributed by atoms with Crippen LogP contribution in [0.1, 0.15) is 52.9 Å². The van der Waals surface area contributed by atoms with Crippen LogP contribution >= 0.6 is 0 Å². The fourth-order valence-electron chi connectivity index (χ4n) is 2.21. The van der Waals surface area contributed by atoms with E-state index in [2.05, 4.69) is 10.0 Å². The highest BCUT2D eigenvalue weighted by molar-refractivity contribution is 7.89. The van der Waals surface area contributed by atoms with E-state index in [4.69, 9.17) is 5.73 Å². The van der Waals surface area contributed by atoms with Gasteiger partial charge in [0.2, 0.25) is 15.9 Å². The third-order valence-corrected chi connectivity index (χ3v) is 4.98. The Hall–Kier alpha value is -1.44. The number of amides is 1. The van der Waals surface area contributed by atoms with Crippen molar-refractivity contribution in [3.05, 3.63) is 24.3 Å². The van der Waals surface area contributed by atoms with Gasteiger partial charge in [-0.2, -0.15) is 0 Å². The minimum Gasteiger partial charge on any atom is -0.330 e. The fourth-order valence-corrected chi connectivity index (χ4v) is 3.67. The molecule has 0 aliphatic heterocycles. The number of hydrogen-bond donors (Lipinski definition) is 3. The monoisotopic (exact) mass is 355 g/mol. The van der Waals surface area contributed by atoms with Gasteiger partial charge in [0.15, 0.2) is 0 Å². The van der Waals surface area contributed by atoms with Crippen molar-refractivity contribution in [1.29, 1.82) is 0 Å². The summed E-state index contributed by atoms with van der Waals surface area (Å²) < 4.78 is 27.2. The van der Waals surface area contributed by atoms with Gasteiger partial charge in [-0.3, -0.25) is 4.79 Å². The van der Waals surface area contributed by atoms with Gasteiger partial charge in [0.25, 0.3) is 0 Å². The van der Waals surface area contributed by atoms with Crippen LogP contribution in [0.3, 0.4) is 0 Å². The van der Waals surface area contributed by atoms with Crippen LogP contribution in [0.15, 0.2) is 29.2 Å². The fraction of sp³-hybridized carbons (Fsp3) is 0.588. The molecule has 0 unspecified atom stereocenters. The molecule has 1 aromatic rings. The molecule has 0 aliphatic carbocycles. The summed E-state index contributed by atoms with van der Waals surface area (Å²) in [6, 6.07) is 6.29. The van der Waals surface area contributed by atoms with Gasteiger partial charge >= 0.3 is 0 Å². The molecular weight excluding hydrogens is 326 g/mol. The molecule has 0 saturated heterocycles. The highest BCUT2D eigenvalue weighted by Gasteiger charge is 2.22. The molecule has 6 nitrogen and oxygen atoms in total. The molecule has 0 saturated carbocycles. The number of benzene rings is 1. The normalized spacial score (nSPS) is 12.2. The van der Waals surface area contributed by atoms with Crippen molar-refractivity contribution < 1.29 is 13.2 Å². The molecule has 24 heavy (non-hydrogen) atoms. The molecular formula is C17H29N3O3S. The molecule has 0 heterocycles. The third kappa shape index (κ3) is 7.90. The largest absolute Gasteiger partial charge is 0.330 e.